The van der Waals surface area contributed by atoms with Gasteiger partial charge in [-0.05, 0) is 102 Å². The Morgan fingerprint density at radius 2 is 0.744 bits per heavy atom. The van der Waals surface area contributed by atoms with Gasteiger partial charge in [-0.15, -0.1) is 0 Å². The minimum atomic E-state index is -4.71. The van der Waals surface area contributed by atoms with Crippen molar-refractivity contribution in [3.05, 3.63) is 85.1 Å². The highest BCUT2D eigenvalue weighted by molar-refractivity contribution is 7.45. The largest absolute Gasteiger partial charge is 0.756 e. The summed E-state index contributed by atoms with van der Waals surface area (Å²) in [5.74, 6) is -0.537. The molecule has 86 heavy (non-hydrogen) atoms. The van der Waals surface area contributed by atoms with Crippen LogP contribution in [0.1, 0.15) is 335 Å². The van der Waals surface area contributed by atoms with E-state index in [0.717, 1.165) is 89.9 Å². The second kappa shape index (κ2) is 65.2. The fourth-order valence-electron chi connectivity index (χ4n) is 10.5. The number of esters is 1. The zero-order valence-corrected chi connectivity index (χ0v) is 58.2. The molecule has 3 unspecified atom stereocenters. The SMILES string of the molecule is CC/C=C\C/C=C\C/C=C\C/C=C\C/C=C\CCCCCCCCCCCCCC(=O)OC(/C=C\CCCCCCCCCCCC)C(COP(=O)([O-])OCC[N+](C)(C)C)NC(=O)CCCCCCCCCCCCC/C=C/CCCCCCCC. The first kappa shape index (κ1) is 83.2. The lowest BCUT2D eigenvalue weighted by Gasteiger charge is -2.30. The molecule has 0 aliphatic carbocycles. The molecule has 0 aliphatic heterocycles. The van der Waals surface area contributed by atoms with Crippen LogP contribution in [0.5, 0.6) is 0 Å². The van der Waals surface area contributed by atoms with Crippen LogP contribution in [0.4, 0.5) is 0 Å². The number of ether oxygens (including phenoxy) is 1. The standard InChI is InChI=1S/C76H139N2O7P/c1-7-10-13-16-19-22-25-28-30-32-34-36-37-38-39-40-41-43-45-47-49-51-54-57-60-63-66-69-76(80)85-74(67-64-61-58-55-52-27-24-21-18-15-12-9-3)73(72-84-86(81,82)83-71-70-78(4,5)6)77-75(79)68-65-62-59-56-53-50-48-46-44-42-35-33-31-29-26-23-20-17-14-11-8-2/h10,13,19,22,28-31,34,36,38-39,64,67,73-74H,7-9,11-12,14-18,20-21,23-27,32-33,35,37,40-63,65-66,68-72H2,1-6H3,(H-,77,79,81,82)/b13-10-,22-19-,30-28-,31-29+,36-34-,39-38-,67-64-. The summed E-state index contributed by atoms with van der Waals surface area (Å²) in [6.45, 7) is 6.76. The maximum atomic E-state index is 13.6. The molecule has 0 aromatic rings. The highest BCUT2D eigenvalue weighted by Gasteiger charge is 2.27. The molecule has 0 bridgehead atoms. The van der Waals surface area contributed by atoms with Crippen molar-refractivity contribution in [2.75, 3.05) is 40.9 Å². The molecule has 0 spiro atoms. The number of carbonyl (C=O) groups excluding carboxylic acids is 2. The van der Waals surface area contributed by atoms with Crippen molar-refractivity contribution >= 4 is 19.7 Å². The van der Waals surface area contributed by atoms with Gasteiger partial charge in [0, 0.05) is 12.8 Å². The molecule has 3 atom stereocenters. The molecule has 0 saturated carbocycles. The minimum absolute atomic E-state index is 0.0244. The van der Waals surface area contributed by atoms with Gasteiger partial charge in [0.15, 0.2) is 0 Å². The van der Waals surface area contributed by atoms with Crippen LogP contribution in [-0.4, -0.2) is 69.4 Å². The van der Waals surface area contributed by atoms with Crippen LogP contribution in [0.25, 0.3) is 0 Å². The van der Waals surface area contributed by atoms with E-state index in [-0.39, 0.29) is 31.5 Å². The number of phosphoric acid groups is 1. The van der Waals surface area contributed by atoms with Crippen molar-refractivity contribution < 1.29 is 37.3 Å². The van der Waals surface area contributed by atoms with E-state index in [2.05, 4.69) is 99.0 Å². The number of quaternary nitrogens is 1. The average molecular weight is 1220 g/mol. The number of hydrogen-bond donors (Lipinski definition) is 1. The Morgan fingerprint density at radius 1 is 0.419 bits per heavy atom. The summed E-state index contributed by atoms with van der Waals surface area (Å²) in [5.41, 5.74) is 0. The van der Waals surface area contributed by atoms with Gasteiger partial charge >= 0.3 is 5.97 Å². The Balaban J connectivity index is 5.03. The van der Waals surface area contributed by atoms with E-state index in [9.17, 15) is 19.0 Å². The summed E-state index contributed by atoms with van der Waals surface area (Å²) < 4.78 is 30.5. The monoisotopic (exact) mass is 1220 g/mol. The summed E-state index contributed by atoms with van der Waals surface area (Å²) in [7, 11) is 1.19. The highest BCUT2D eigenvalue weighted by Crippen LogP contribution is 2.38. The third kappa shape index (κ3) is 65.6. The molecular formula is C76H139N2O7P. The molecule has 500 valence electrons. The smallest absolute Gasteiger partial charge is 0.306 e. The Hall–Kier alpha value is -2.81. The molecule has 0 fully saturated rings. The van der Waals surface area contributed by atoms with Gasteiger partial charge in [0.05, 0.1) is 33.8 Å². The van der Waals surface area contributed by atoms with Crippen LogP contribution in [0, 0.1) is 0 Å². The van der Waals surface area contributed by atoms with Crippen LogP contribution < -0.4 is 10.2 Å². The van der Waals surface area contributed by atoms with E-state index < -0.39 is 20.0 Å². The molecule has 0 saturated heterocycles. The number of nitrogens with one attached hydrogen (secondary N) is 1. The van der Waals surface area contributed by atoms with Gasteiger partial charge in [-0.1, -0.05) is 305 Å². The topological polar surface area (TPSA) is 114 Å². The van der Waals surface area contributed by atoms with Gasteiger partial charge in [0.2, 0.25) is 5.91 Å². The van der Waals surface area contributed by atoms with Crippen molar-refractivity contribution in [1.82, 2.24) is 5.32 Å². The number of carbonyl (C=O) groups is 2. The molecule has 1 N–H and O–H groups in total. The third-order valence-electron chi connectivity index (χ3n) is 16.1. The Morgan fingerprint density at radius 3 is 1.13 bits per heavy atom. The second-order valence-electron chi connectivity index (χ2n) is 25.7. The Kier molecular flexibility index (Phi) is 63.0. The molecule has 1 amide bonds. The first-order valence-electron chi connectivity index (χ1n) is 36.4. The van der Waals surface area contributed by atoms with Crippen molar-refractivity contribution in [3.8, 4) is 0 Å². The van der Waals surface area contributed by atoms with Crippen molar-refractivity contribution in [2.24, 2.45) is 0 Å². The number of hydrogen-bond acceptors (Lipinski definition) is 7. The quantitative estimate of drug-likeness (QED) is 0.0212. The lowest BCUT2D eigenvalue weighted by atomic mass is 10.0. The first-order chi connectivity index (χ1) is 41.9. The van der Waals surface area contributed by atoms with E-state index in [1.807, 2.05) is 33.3 Å². The van der Waals surface area contributed by atoms with Gasteiger partial charge in [-0.3, -0.25) is 14.2 Å². The zero-order valence-electron chi connectivity index (χ0n) is 57.3. The molecule has 9 nitrogen and oxygen atoms in total. The summed E-state index contributed by atoms with van der Waals surface area (Å²) in [6, 6.07) is -0.894. The van der Waals surface area contributed by atoms with E-state index in [0.29, 0.717) is 17.4 Å². The number of likely N-dealkylation sites (N-methyl/N-ethyl adjacent to an activating group) is 1. The maximum absolute atomic E-state index is 13.6. The van der Waals surface area contributed by atoms with Crippen molar-refractivity contribution in [2.45, 2.75) is 348 Å². The van der Waals surface area contributed by atoms with Gasteiger partial charge in [0.25, 0.3) is 7.82 Å². The van der Waals surface area contributed by atoms with Crippen molar-refractivity contribution in [1.29, 1.82) is 0 Å². The fourth-order valence-corrected chi connectivity index (χ4v) is 11.2. The predicted molar refractivity (Wildman–Crippen MR) is 371 cm³/mol. The Labute approximate surface area is 533 Å². The molecular weight excluding hydrogens is 1080 g/mol. The van der Waals surface area contributed by atoms with Crippen LogP contribution in [0.2, 0.25) is 0 Å². The number of rotatable bonds is 66. The van der Waals surface area contributed by atoms with E-state index >= 15 is 0 Å². The molecule has 10 heteroatoms. The van der Waals surface area contributed by atoms with Crippen LogP contribution in [-0.2, 0) is 27.9 Å². The van der Waals surface area contributed by atoms with E-state index in [4.69, 9.17) is 13.8 Å². The van der Waals surface area contributed by atoms with E-state index in [1.54, 1.807) is 0 Å². The lowest BCUT2D eigenvalue weighted by Crippen LogP contribution is -2.47. The second-order valence-corrected chi connectivity index (χ2v) is 27.1. The summed E-state index contributed by atoms with van der Waals surface area (Å²) in [4.78, 5) is 40.2. The van der Waals surface area contributed by atoms with E-state index in [1.165, 1.54) is 212 Å². The fraction of sp³-hybridized carbons (Fsp3) is 0.789. The molecule has 0 aromatic carbocycles. The van der Waals surface area contributed by atoms with Crippen LogP contribution in [0.15, 0.2) is 85.1 Å². The molecule has 0 rings (SSSR count). The van der Waals surface area contributed by atoms with Gasteiger partial charge in [-0.2, -0.15) is 0 Å². The predicted octanol–water partition coefficient (Wildman–Crippen LogP) is 22.7. The average Bonchev–Trinajstić information content (AvgIpc) is 3.65. The summed E-state index contributed by atoms with van der Waals surface area (Å²) >= 11 is 0. The van der Waals surface area contributed by atoms with Gasteiger partial charge in [-0.25, -0.2) is 0 Å². The molecule has 0 aliphatic rings. The van der Waals surface area contributed by atoms with Gasteiger partial charge in [0.1, 0.15) is 19.3 Å². The molecule has 0 heterocycles. The normalized spacial score (nSPS) is 14.0. The first-order valence-corrected chi connectivity index (χ1v) is 37.9. The van der Waals surface area contributed by atoms with Crippen molar-refractivity contribution in [3.63, 3.8) is 0 Å². The number of amides is 1. The lowest BCUT2D eigenvalue weighted by molar-refractivity contribution is -0.870. The summed E-state index contributed by atoms with van der Waals surface area (Å²) in [5, 5.41) is 3.05. The highest BCUT2D eigenvalue weighted by atomic mass is 31.2. The molecule has 0 aromatic heterocycles. The molecule has 0 radical (unpaired) electrons. The number of phosphoric ester groups is 1. The number of unbranched alkanes of at least 4 members (excludes halogenated alkanes) is 38. The zero-order chi connectivity index (χ0) is 62.8. The number of allylic oxidation sites excluding steroid dienone is 13. The minimum Gasteiger partial charge on any atom is -0.756 e. The number of nitrogens with zero attached hydrogens (tertiary/aromatic N) is 1. The third-order valence-corrected chi connectivity index (χ3v) is 17.0. The van der Waals surface area contributed by atoms with Gasteiger partial charge < -0.3 is 28.5 Å². The van der Waals surface area contributed by atoms with Crippen LogP contribution >= 0.6 is 7.82 Å². The summed E-state index contributed by atoms with van der Waals surface area (Å²) in [6.07, 6.45) is 87.1. The maximum Gasteiger partial charge on any atom is 0.306 e. The Bertz CT molecular complexity index is 1750. The van der Waals surface area contributed by atoms with Crippen LogP contribution in [0.3, 0.4) is 0 Å².